The number of para-hydroxylation sites is 1. The van der Waals surface area contributed by atoms with Crippen LogP contribution in [0.2, 0.25) is 0 Å². The minimum atomic E-state index is 0.0377. The third kappa shape index (κ3) is 2.21. The predicted molar refractivity (Wildman–Crippen MR) is 104 cm³/mol. The van der Waals surface area contributed by atoms with Crippen molar-refractivity contribution in [2.45, 2.75) is 19.0 Å². The van der Waals surface area contributed by atoms with E-state index in [1.165, 1.54) is 5.56 Å². The van der Waals surface area contributed by atoms with Gasteiger partial charge in [-0.05, 0) is 36.2 Å². The van der Waals surface area contributed by atoms with Gasteiger partial charge in [-0.1, -0.05) is 48.5 Å². The van der Waals surface area contributed by atoms with Crippen LogP contribution in [0.4, 0.5) is 5.82 Å². The summed E-state index contributed by atoms with van der Waals surface area (Å²) in [6.45, 7) is 2.11. The normalized spacial score (nSPS) is 21.1. The third-order valence-electron chi connectivity index (χ3n) is 4.81. The number of fused-ring (bicyclic) bond motifs is 3. The Balaban J connectivity index is 1.63. The van der Waals surface area contributed by atoms with Gasteiger partial charge in [-0.15, -0.1) is 0 Å². The highest BCUT2D eigenvalue weighted by Crippen LogP contribution is 2.40. The van der Waals surface area contributed by atoms with E-state index in [1.54, 1.807) is 4.68 Å². The third-order valence-corrected chi connectivity index (χ3v) is 5.08. The van der Waals surface area contributed by atoms with Crippen molar-refractivity contribution in [3.63, 3.8) is 0 Å². The number of benzene rings is 2. The Hall–Kier alpha value is -2.92. The molecule has 3 heterocycles. The molecule has 1 aromatic heterocycles. The van der Waals surface area contributed by atoms with Gasteiger partial charge in [0.1, 0.15) is 5.84 Å². The molecular formula is C20H16ClN5. The topological polar surface area (TPSA) is 45.8 Å². The van der Waals surface area contributed by atoms with Crippen LogP contribution in [0.15, 0.2) is 76.8 Å². The van der Waals surface area contributed by atoms with Gasteiger partial charge in [0.15, 0.2) is 5.82 Å². The molecule has 6 heteroatoms. The number of aliphatic imine (C=N–C) groups is 2. The quantitative estimate of drug-likeness (QED) is 0.639. The zero-order chi connectivity index (χ0) is 17.7. The van der Waals surface area contributed by atoms with E-state index in [0.29, 0.717) is 5.29 Å². The summed E-state index contributed by atoms with van der Waals surface area (Å²) in [4.78, 5) is 11.6. The molecule has 0 saturated heterocycles. The van der Waals surface area contributed by atoms with E-state index in [0.717, 1.165) is 22.9 Å². The summed E-state index contributed by atoms with van der Waals surface area (Å²) < 4.78 is 1.80. The Bertz CT molecular complexity index is 1020. The summed E-state index contributed by atoms with van der Waals surface area (Å²) in [7, 11) is 0. The molecule has 5 rings (SSSR count). The molecule has 0 unspecified atom stereocenters. The molecule has 0 bridgehead atoms. The Morgan fingerprint density at radius 1 is 0.962 bits per heavy atom. The summed E-state index contributed by atoms with van der Waals surface area (Å²) in [5.41, 5.74) is 3.02. The molecular weight excluding hydrogens is 346 g/mol. The Morgan fingerprint density at radius 3 is 2.38 bits per heavy atom. The van der Waals surface area contributed by atoms with Crippen LogP contribution in [0.5, 0.6) is 0 Å². The maximum atomic E-state index is 6.63. The van der Waals surface area contributed by atoms with Crippen molar-refractivity contribution in [3.05, 3.63) is 78.0 Å². The molecule has 5 nitrogen and oxygen atoms in total. The van der Waals surface area contributed by atoms with Gasteiger partial charge in [0, 0.05) is 0 Å². The summed E-state index contributed by atoms with van der Waals surface area (Å²) in [6, 6.07) is 20.3. The molecule has 0 N–H and O–H groups in total. The zero-order valence-corrected chi connectivity index (χ0v) is 14.9. The largest absolute Gasteiger partial charge is 0.291 e. The highest BCUT2D eigenvalue weighted by molar-refractivity contribution is 6.66. The van der Waals surface area contributed by atoms with Crippen molar-refractivity contribution in [3.8, 4) is 5.69 Å². The summed E-state index contributed by atoms with van der Waals surface area (Å²) in [6.07, 6.45) is 1.82. The Labute approximate surface area is 156 Å². The van der Waals surface area contributed by atoms with E-state index >= 15 is 0 Å². The molecule has 2 aliphatic heterocycles. The molecule has 0 fully saturated rings. The Morgan fingerprint density at radius 2 is 1.65 bits per heavy atom. The SMILES string of the molecule is C[C@@H]1N=C2c3cnn(-c4ccccc4)c3N=C(Cl)N2[C@H]1c1ccccc1. The highest BCUT2D eigenvalue weighted by Gasteiger charge is 2.41. The van der Waals surface area contributed by atoms with Crippen LogP contribution in [0.25, 0.3) is 5.69 Å². The first-order valence-corrected chi connectivity index (χ1v) is 8.92. The van der Waals surface area contributed by atoms with Crippen molar-refractivity contribution < 1.29 is 0 Å². The fraction of sp³-hybridized carbons (Fsp3) is 0.150. The van der Waals surface area contributed by atoms with Crippen molar-refractivity contribution >= 4 is 28.5 Å². The highest BCUT2D eigenvalue weighted by atomic mass is 35.5. The molecule has 128 valence electrons. The molecule has 0 aliphatic carbocycles. The van der Waals surface area contributed by atoms with E-state index in [9.17, 15) is 0 Å². The molecule has 2 aromatic carbocycles. The molecule has 0 spiro atoms. The van der Waals surface area contributed by atoms with Gasteiger partial charge in [0.25, 0.3) is 0 Å². The van der Waals surface area contributed by atoms with E-state index in [4.69, 9.17) is 16.6 Å². The van der Waals surface area contributed by atoms with Gasteiger partial charge in [-0.3, -0.25) is 9.89 Å². The van der Waals surface area contributed by atoms with E-state index < -0.39 is 0 Å². The lowest BCUT2D eigenvalue weighted by Gasteiger charge is -2.30. The summed E-state index contributed by atoms with van der Waals surface area (Å²) in [5, 5.41) is 4.95. The van der Waals surface area contributed by atoms with Crippen molar-refractivity contribution in [1.29, 1.82) is 0 Å². The average Bonchev–Trinajstić information content (AvgIpc) is 3.24. The maximum absolute atomic E-state index is 6.63. The second-order valence-corrected chi connectivity index (χ2v) is 6.77. The molecule has 3 aromatic rings. The van der Waals surface area contributed by atoms with Crippen LogP contribution in [0.3, 0.4) is 0 Å². The van der Waals surface area contributed by atoms with Crippen molar-refractivity contribution in [1.82, 2.24) is 14.7 Å². The van der Waals surface area contributed by atoms with Crippen LogP contribution in [0, 0.1) is 0 Å². The summed E-state index contributed by atoms with van der Waals surface area (Å²) in [5.74, 6) is 1.56. The van der Waals surface area contributed by atoms with Crippen molar-refractivity contribution in [2.24, 2.45) is 9.98 Å². The van der Waals surface area contributed by atoms with Crippen LogP contribution in [-0.2, 0) is 0 Å². The van der Waals surface area contributed by atoms with Crippen molar-refractivity contribution in [2.75, 3.05) is 0 Å². The number of rotatable bonds is 2. The van der Waals surface area contributed by atoms with E-state index in [1.807, 2.05) is 59.6 Å². The number of hydrogen-bond donors (Lipinski definition) is 0. The standard InChI is InChI=1S/C20H16ClN5/c1-13-17(14-8-4-2-5-9-14)25-18(23-13)16-12-22-26(19(16)24-20(25)21)15-10-6-3-7-11-15/h2-13,17H,1H3/t13-,17+/m0/s1. The lowest BCUT2D eigenvalue weighted by Crippen LogP contribution is -2.37. The van der Waals surface area contributed by atoms with Crippen LogP contribution >= 0.6 is 11.6 Å². The Kier molecular flexibility index (Phi) is 3.43. The van der Waals surface area contributed by atoms with Gasteiger partial charge in [0.05, 0.1) is 29.5 Å². The minimum Gasteiger partial charge on any atom is -0.291 e. The van der Waals surface area contributed by atoms with Gasteiger partial charge >= 0.3 is 0 Å². The average molecular weight is 362 g/mol. The number of amidine groups is 2. The second-order valence-electron chi connectivity index (χ2n) is 6.43. The van der Waals surface area contributed by atoms with Crippen LogP contribution in [-0.4, -0.2) is 31.9 Å². The number of aromatic nitrogens is 2. The molecule has 0 radical (unpaired) electrons. The smallest absolute Gasteiger partial charge is 0.206 e. The number of nitrogens with zero attached hydrogens (tertiary/aromatic N) is 5. The van der Waals surface area contributed by atoms with Gasteiger partial charge in [-0.2, -0.15) is 10.1 Å². The summed E-state index contributed by atoms with van der Waals surface area (Å²) >= 11 is 6.63. The molecule has 2 aliphatic rings. The lowest BCUT2D eigenvalue weighted by molar-refractivity contribution is 0.439. The van der Waals surface area contributed by atoms with Crippen LogP contribution < -0.4 is 0 Å². The predicted octanol–water partition coefficient (Wildman–Crippen LogP) is 4.30. The first kappa shape index (κ1) is 15.3. The van der Waals surface area contributed by atoms with Gasteiger partial charge in [-0.25, -0.2) is 4.68 Å². The monoisotopic (exact) mass is 361 g/mol. The van der Waals surface area contributed by atoms with Gasteiger partial charge < -0.3 is 0 Å². The molecule has 26 heavy (non-hydrogen) atoms. The first-order chi connectivity index (χ1) is 12.7. The molecule has 0 saturated carbocycles. The fourth-order valence-electron chi connectivity index (χ4n) is 3.66. The minimum absolute atomic E-state index is 0.0377. The molecule has 2 atom stereocenters. The second kappa shape index (κ2) is 5.81. The zero-order valence-electron chi connectivity index (χ0n) is 14.1. The molecule has 0 amide bonds. The van der Waals surface area contributed by atoms with Crippen LogP contribution in [0.1, 0.15) is 24.1 Å². The van der Waals surface area contributed by atoms with E-state index in [2.05, 4.69) is 29.1 Å². The van der Waals surface area contributed by atoms with Gasteiger partial charge in [0.2, 0.25) is 5.29 Å². The first-order valence-electron chi connectivity index (χ1n) is 8.54. The number of halogens is 1. The lowest BCUT2D eigenvalue weighted by atomic mass is 10.0. The maximum Gasteiger partial charge on any atom is 0.206 e. The number of hydrogen-bond acceptors (Lipinski definition) is 4. The van der Waals surface area contributed by atoms with E-state index in [-0.39, 0.29) is 12.1 Å². The fourth-order valence-corrected chi connectivity index (χ4v) is 3.92.